The molecule has 5 heteroatoms. The van der Waals surface area contributed by atoms with Crippen LogP contribution in [-0.4, -0.2) is 23.2 Å². The maximum Gasteiger partial charge on any atom is 0.261 e. The molecule has 1 N–H and O–H groups in total. The Kier molecular flexibility index (Phi) is 4.24. The van der Waals surface area contributed by atoms with E-state index in [4.69, 9.17) is 9.72 Å². The third kappa shape index (κ3) is 3.03. The Labute approximate surface area is 146 Å². The van der Waals surface area contributed by atoms with Gasteiger partial charge in [0.15, 0.2) is 0 Å². The Morgan fingerprint density at radius 2 is 2.12 bits per heavy atom. The lowest BCUT2D eigenvalue weighted by molar-refractivity contribution is 0.414. The lowest BCUT2D eigenvalue weighted by Crippen LogP contribution is -2.26. The van der Waals surface area contributed by atoms with Crippen molar-refractivity contribution < 1.29 is 4.74 Å². The third-order valence-corrected chi connectivity index (χ3v) is 4.78. The van der Waals surface area contributed by atoms with Crippen molar-refractivity contribution in [2.45, 2.75) is 25.4 Å². The van der Waals surface area contributed by atoms with Crippen LogP contribution in [0.3, 0.4) is 0 Å². The zero-order valence-electron chi connectivity index (χ0n) is 14.2. The molecular weight excluding hydrogens is 314 g/mol. The van der Waals surface area contributed by atoms with Crippen LogP contribution in [0.1, 0.15) is 23.9 Å². The molecule has 0 fully saturated rings. The highest BCUT2D eigenvalue weighted by atomic mass is 16.5. The Bertz CT molecular complexity index is 965. The zero-order chi connectivity index (χ0) is 17.2. The van der Waals surface area contributed by atoms with Crippen LogP contribution in [0.5, 0.6) is 5.75 Å². The number of aromatic nitrogens is 2. The number of benzene rings is 2. The number of ether oxygens (including phenoxy) is 1. The van der Waals surface area contributed by atoms with Gasteiger partial charge < -0.3 is 10.1 Å². The van der Waals surface area contributed by atoms with Gasteiger partial charge in [0, 0.05) is 6.54 Å². The van der Waals surface area contributed by atoms with Gasteiger partial charge in [0.1, 0.15) is 11.6 Å². The summed E-state index contributed by atoms with van der Waals surface area (Å²) in [6.07, 6.45) is 1.81. The Morgan fingerprint density at radius 3 is 3.00 bits per heavy atom. The fraction of sp³-hybridized carbons (Fsp3) is 0.300. The lowest BCUT2D eigenvalue weighted by atomic mass is 10.1. The first kappa shape index (κ1) is 15.8. The van der Waals surface area contributed by atoms with Crippen LogP contribution in [0.4, 0.5) is 0 Å². The average molecular weight is 335 g/mol. The molecule has 1 aromatic heterocycles. The first-order valence-corrected chi connectivity index (χ1v) is 8.62. The number of nitrogens with zero attached hydrogens (tertiary/aromatic N) is 2. The monoisotopic (exact) mass is 335 g/mol. The second-order valence-corrected chi connectivity index (χ2v) is 6.34. The van der Waals surface area contributed by atoms with Crippen molar-refractivity contribution in [3.05, 3.63) is 70.3 Å². The van der Waals surface area contributed by atoms with Gasteiger partial charge in [-0.2, -0.15) is 0 Å². The molecular formula is C20H21N3O2. The van der Waals surface area contributed by atoms with Crippen molar-refractivity contribution in [1.82, 2.24) is 14.9 Å². The highest BCUT2D eigenvalue weighted by molar-refractivity contribution is 5.77. The molecule has 0 spiro atoms. The first-order valence-electron chi connectivity index (χ1n) is 8.62. The largest absolute Gasteiger partial charge is 0.497 e. The van der Waals surface area contributed by atoms with Crippen LogP contribution in [0.15, 0.2) is 53.3 Å². The molecule has 4 rings (SSSR count). The lowest BCUT2D eigenvalue weighted by Gasteiger charge is -2.13. The van der Waals surface area contributed by atoms with E-state index in [0.29, 0.717) is 5.39 Å². The van der Waals surface area contributed by atoms with E-state index in [1.807, 2.05) is 41.0 Å². The summed E-state index contributed by atoms with van der Waals surface area (Å²) in [5.74, 6) is 1.73. The highest BCUT2D eigenvalue weighted by Crippen LogP contribution is 2.24. The number of methoxy groups -OCH3 is 1. The van der Waals surface area contributed by atoms with Crippen LogP contribution in [0.25, 0.3) is 10.9 Å². The summed E-state index contributed by atoms with van der Waals surface area (Å²) in [5.41, 5.74) is 2.08. The molecule has 0 saturated heterocycles. The predicted molar refractivity (Wildman–Crippen MR) is 98.1 cm³/mol. The molecule has 2 heterocycles. The van der Waals surface area contributed by atoms with Crippen LogP contribution in [0.2, 0.25) is 0 Å². The van der Waals surface area contributed by atoms with Crippen molar-refractivity contribution in [2.75, 3.05) is 13.7 Å². The summed E-state index contributed by atoms with van der Waals surface area (Å²) >= 11 is 0. The molecule has 0 aliphatic carbocycles. The first-order chi connectivity index (χ1) is 12.3. The van der Waals surface area contributed by atoms with Gasteiger partial charge in [-0.05, 0) is 49.2 Å². The molecule has 3 aromatic rings. The maximum absolute atomic E-state index is 12.6. The predicted octanol–water partition coefficient (Wildman–Crippen LogP) is 2.68. The summed E-state index contributed by atoms with van der Waals surface area (Å²) < 4.78 is 7.08. The summed E-state index contributed by atoms with van der Waals surface area (Å²) in [5, 5.41) is 4.25. The summed E-state index contributed by atoms with van der Waals surface area (Å²) in [4.78, 5) is 17.3. The van der Waals surface area contributed by atoms with Crippen molar-refractivity contribution >= 4 is 10.9 Å². The second-order valence-electron chi connectivity index (χ2n) is 6.34. The van der Waals surface area contributed by atoms with Crippen molar-refractivity contribution in [1.29, 1.82) is 0 Å². The van der Waals surface area contributed by atoms with E-state index < -0.39 is 0 Å². The van der Waals surface area contributed by atoms with E-state index in [9.17, 15) is 4.79 Å². The second kappa shape index (κ2) is 6.69. The van der Waals surface area contributed by atoms with Crippen LogP contribution >= 0.6 is 0 Å². The summed E-state index contributed by atoms with van der Waals surface area (Å²) in [6, 6.07) is 15.8. The van der Waals surface area contributed by atoms with E-state index in [1.54, 1.807) is 7.11 Å². The van der Waals surface area contributed by atoms with Crippen molar-refractivity contribution in [2.24, 2.45) is 0 Å². The van der Waals surface area contributed by atoms with Crippen LogP contribution in [-0.2, 0) is 13.0 Å². The molecule has 1 aliphatic heterocycles. The zero-order valence-corrected chi connectivity index (χ0v) is 14.2. The number of nitrogens with one attached hydrogen (secondary N) is 1. The summed E-state index contributed by atoms with van der Waals surface area (Å²) in [7, 11) is 1.68. The van der Waals surface area contributed by atoms with Gasteiger partial charge in [-0.25, -0.2) is 4.98 Å². The average Bonchev–Trinajstić information content (AvgIpc) is 3.05. The standard InChI is InChI=1S/C20H21N3O2/c1-25-15-6-4-5-14(13-15)9-11-21-18-10-12-23-19(18)22-17-8-3-2-7-16(17)20(23)24/h2-8,13,18,21H,9-12H2,1H3. The minimum absolute atomic E-state index is 0.0673. The molecule has 0 bridgehead atoms. The quantitative estimate of drug-likeness (QED) is 0.779. The van der Waals surface area contributed by atoms with Gasteiger partial charge in [-0.15, -0.1) is 0 Å². The van der Waals surface area contributed by atoms with E-state index in [1.165, 1.54) is 5.56 Å². The number of fused-ring (bicyclic) bond motifs is 2. The van der Waals surface area contributed by atoms with Crippen molar-refractivity contribution in [3.8, 4) is 5.75 Å². The minimum Gasteiger partial charge on any atom is -0.497 e. The molecule has 1 unspecified atom stereocenters. The van der Waals surface area contributed by atoms with Gasteiger partial charge in [0.05, 0.1) is 24.1 Å². The molecule has 1 atom stereocenters. The molecule has 128 valence electrons. The van der Waals surface area contributed by atoms with Crippen LogP contribution < -0.4 is 15.6 Å². The Morgan fingerprint density at radius 1 is 1.24 bits per heavy atom. The van der Waals surface area contributed by atoms with Crippen LogP contribution in [0, 0.1) is 0 Å². The van der Waals surface area contributed by atoms with Gasteiger partial charge in [-0.1, -0.05) is 24.3 Å². The SMILES string of the molecule is COc1cccc(CCNC2CCn3c2nc2ccccc2c3=O)c1. The van der Waals surface area contributed by atoms with E-state index in [0.717, 1.165) is 43.0 Å². The number of hydrogen-bond donors (Lipinski definition) is 1. The van der Waals surface area contributed by atoms with Gasteiger partial charge in [-0.3, -0.25) is 9.36 Å². The highest BCUT2D eigenvalue weighted by Gasteiger charge is 2.25. The Balaban J connectivity index is 1.50. The van der Waals surface area contributed by atoms with E-state index >= 15 is 0 Å². The maximum atomic E-state index is 12.6. The van der Waals surface area contributed by atoms with Gasteiger partial charge in [0.2, 0.25) is 0 Å². The smallest absolute Gasteiger partial charge is 0.261 e. The molecule has 0 radical (unpaired) electrons. The third-order valence-electron chi connectivity index (χ3n) is 4.78. The van der Waals surface area contributed by atoms with Crippen molar-refractivity contribution in [3.63, 3.8) is 0 Å². The number of para-hydroxylation sites is 1. The number of hydrogen-bond acceptors (Lipinski definition) is 4. The fourth-order valence-corrected chi connectivity index (χ4v) is 3.47. The molecule has 1 aliphatic rings. The molecule has 0 amide bonds. The molecule has 2 aromatic carbocycles. The molecule has 0 saturated carbocycles. The van der Waals surface area contributed by atoms with Gasteiger partial charge in [0.25, 0.3) is 5.56 Å². The van der Waals surface area contributed by atoms with E-state index in [-0.39, 0.29) is 11.6 Å². The summed E-state index contributed by atoms with van der Waals surface area (Å²) in [6.45, 7) is 1.56. The normalized spacial score (nSPS) is 16.1. The molecule has 5 nitrogen and oxygen atoms in total. The minimum atomic E-state index is 0.0673. The fourth-order valence-electron chi connectivity index (χ4n) is 3.47. The Hall–Kier alpha value is -2.66. The van der Waals surface area contributed by atoms with Gasteiger partial charge >= 0.3 is 0 Å². The topological polar surface area (TPSA) is 56.1 Å². The number of rotatable bonds is 5. The molecule has 25 heavy (non-hydrogen) atoms. The van der Waals surface area contributed by atoms with E-state index in [2.05, 4.69) is 17.4 Å².